The molecule has 0 spiro atoms. The average Bonchev–Trinajstić information content (AvgIpc) is 2.78. The maximum Gasteiger partial charge on any atom is 0.0745 e. The average molecular weight is 247 g/mol. The fraction of sp³-hybridized carbons (Fsp3) is 0.308. The van der Waals surface area contributed by atoms with Gasteiger partial charge in [-0.3, -0.25) is 4.68 Å². The summed E-state index contributed by atoms with van der Waals surface area (Å²) in [6.45, 7) is 0. The first kappa shape index (κ1) is 12.2. The standard InChI is InChI=1S/C13H17N3S/c1-14-13(12-8-9-15-16(12)2)10-4-6-11(17-3)7-5-10/h4-9,13-14H,1-3H3. The largest absolute Gasteiger partial charge is 0.308 e. The summed E-state index contributed by atoms with van der Waals surface area (Å²) in [5.74, 6) is 0. The van der Waals surface area contributed by atoms with Crippen molar-refractivity contribution in [1.29, 1.82) is 0 Å². The zero-order valence-electron chi connectivity index (χ0n) is 10.3. The minimum Gasteiger partial charge on any atom is -0.308 e. The van der Waals surface area contributed by atoms with Crippen LogP contribution in [0.15, 0.2) is 41.4 Å². The molecule has 0 bridgehead atoms. The normalized spacial score (nSPS) is 12.6. The third-order valence-corrected chi connectivity index (χ3v) is 3.64. The predicted octanol–water partition coefficient (Wildman–Crippen LogP) is 2.45. The fourth-order valence-electron chi connectivity index (χ4n) is 1.95. The van der Waals surface area contributed by atoms with Crippen molar-refractivity contribution in [2.24, 2.45) is 7.05 Å². The zero-order valence-corrected chi connectivity index (χ0v) is 11.2. The van der Waals surface area contributed by atoms with Gasteiger partial charge in [-0.2, -0.15) is 5.10 Å². The second-order valence-corrected chi connectivity index (χ2v) is 4.75. The lowest BCUT2D eigenvalue weighted by molar-refractivity contribution is 0.606. The quantitative estimate of drug-likeness (QED) is 0.842. The van der Waals surface area contributed by atoms with Crippen molar-refractivity contribution >= 4 is 11.8 Å². The molecule has 0 aliphatic rings. The summed E-state index contributed by atoms with van der Waals surface area (Å²) >= 11 is 1.76. The smallest absolute Gasteiger partial charge is 0.0745 e. The van der Waals surface area contributed by atoms with Crippen LogP contribution in [0.3, 0.4) is 0 Å². The van der Waals surface area contributed by atoms with Crippen molar-refractivity contribution < 1.29 is 0 Å². The number of aryl methyl sites for hydroxylation is 1. The molecule has 0 aliphatic carbocycles. The van der Waals surface area contributed by atoms with Crippen LogP contribution >= 0.6 is 11.8 Å². The number of rotatable bonds is 4. The van der Waals surface area contributed by atoms with E-state index < -0.39 is 0 Å². The number of nitrogens with one attached hydrogen (secondary N) is 1. The van der Waals surface area contributed by atoms with E-state index in [9.17, 15) is 0 Å². The number of thioether (sulfide) groups is 1. The number of benzene rings is 1. The Kier molecular flexibility index (Phi) is 3.86. The van der Waals surface area contributed by atoms with E-state index in [1.165, 1.54) is 16.2 Å². The van der Waals surface area contributed by atoms with E-state index in [0.717, 1.165) is 0 Å². The van der Waals surface area contributed by atoms with Gasteiger partial charge in [-0.05, 0) is 37.1 Å². The maximum absolute atomic E-state index is 4.22. The molecule has 0 aliphatic heterocycles. The van der Waals surface area contributed by atoms with Crippen LogP contribution in [0, 0.1) is 0 Å². The molecule has 17 heavy (non-hydrogen) atoms. The summed E-state index contributed by atoms with van der Waals surface area (Å²) in [7, 11) is 3.94. The Labute approximate surface area is 106 Å². The molecule has 2 rings (SSSR count). The van der Waals surface area contributed by atoms with Crippen LogP contribution < -0.4 is 5.32 Å². The second kappa shape index (κ2) is 5.38. The molecule has 4 heteroatoms. The molecule has 0 saturated heterocycles. The summed E-state index contributed by atoms with van der Waals surface area (Å²) in [5.41, 5.74) is 2.43. The molecule has 0 fully saturated rings. The molecular weight excluding hydrogens is 230 g/mol. The van der Waals surface area contributed by atoms with E-state index in [-0.39, 0.29) is 6.04 Å². The van der Waals surface area contributed by atoms with Gasteiger partial charge in [0.15, 0.2) is 0 Å². The topological polar surface area (TPSA) is 29.9 Å². The van der Waals surface area contributed by atoms with Crippen LogP contribution in [0.5, 0.6) is 0 Å². The van der Waals surface area contributed by atoms with Gasteiger partial charge in [0.25, 0.3) is 0 Å². The van der Waals surface area contributed by atoms with Gasteiger partial charge < -0.3 is 5.32 Å². The van der Waals surface area contributed by atoms with Gasteiger partial charge in [-0.15, -0.1) is 11.8 Å². The third kappa shape index (κ3) is 2.53. The molecule has 1 aromatic carbocycles. The van der Waals surface area contributed by atoms with Gasteiger partial charge in [0.2, 0.25) is 0 Å². The Morgan fingerprint density at radius 2 is 1.94 bits per heavy atom. The highest BCUT2D eigenvalue weighted by atomic mass is 32.2. The van der Waals surface area contributed by atoms with E-state index in [2.05, 4.69) is 40.9 Å². The molecule has 2 aromatic rings. The number of aromatic nitrogens is 2. The Morgan fingerprint density at radius 1 is 1.24 bits per heavy atom. The number of nitrogens with zero attached hydrogens (tertiary/aromatic N) is 2. The van der Waals surface area contributed by atoms with Crippen molar-refractivity contribution in [2.75, 3.05) is 13.3 Å². The van der Waals surface area contributed by atoms with E-state index in [1.807, 2.05) is 31.0 Å². The van der Waals surface area contributed by atoms with Crippen LogP contribution in [0.4, 0.5) is 0 Å². The molecule has 1 unspecified atom stereocenters. The third-order valence-electron chi connectivity index (χ3n) is 2.89. The Bertz CT molecular complexity index is 476. The predicted molar refractivity (Wildman–Crippen MR) is 72.3 cm³/mol. The molecule has 90 valence electrons. The highest BCUT2D eigenvalue weighted by Gasteiger charge is 2.14. The van der Waals surface area contributed by atoms with Crippen LogP contribution in [0.2, 0.25) is 0 Å². The SMILES string of the molecule is CNC(c1ccc(SC)cc1)c1ccnn1C. The molecule has 1 N–H and O–H groups in total. The van der Waals surface area contributed by atoms with Gasteiger partial charge in [0.1, 0.15) is 0 Å². The Balaban J connectivity index is 2.32. The van der Waals surface area contributed by atoms with Gasteiger partial charge in [-0.25, -0.2) is 0 Å². The summed E-state index contributed by atoms with van der Waals surface area (Å²) in [4.78, 5) is 1.29. The van der Waals surface area contributed by atoms with Gasteiger partial charge in [-0.1, -0.05) is 12.1 Å². The monoisotopic (exact) mass is 247 g/mol. The van der Waals surface area contributed by atoms with Crippen molar-refractivity contribution in [1.82, 2.24) is 15.1 Å². The Morgan fingerprint density at radius 3 is 2.41 bits per heavy atom. The highest BCUT2D eigenvalue weighted by Crippen LogP contribution is 2.23. The summed E-state index contributed by atoms with van der Waals surface area (Å²) in [6, 6.07) is 10.9. The van der Waals surface area contributed by atoms with Crippen LogP contribution in [0.1, 0.15) is 17.3 Å². The first-order valence-electron chi connectivity index (χ1n) is 5.55. The fourth-order valence-corrected chi connectivity index (χ4v) is 2.36. The van der Waals surface area contributed by atoms with Crippen molar-refractivity contribution in [3.05, 3.63) is 47.8 Å². The van der Waals surface area contributed by atoms with Crippen LogP contribution in [-0.4, -0.2) is 23.1 Å². The van der Waals surface area contributed by atoms with E-state index in [0.29, 0.717) is 0 Å². The van der Waals surface area contributed by atoms with Crippen molar-refractivity contribution in [2.45, 2.75) is 10.9 Å². The van der Waals surface area contributed by atoms with E-state index in [1.54, 1.807) is 11.8 Å². The molecule has 1 heterocycles. The van der Waals surface area contributed by atoms with Crippen LogP contribution in [0.25, 0.3) is 0 Å². The maximum atomic E-state index is 4.22. The first-order valence-corrected chi connectivity index (χ1v) is 6.78. The molecular formula is C13H17N3S. The number of hydrogen-bond donors (Lipinski definition) is 1. The molecule has 3 nitrogen and oxygen atoms in total. The molecule has 1 aromatic heterocycles. The minimum absolute atomic E-state index is 0.193. The van der Waals surface area contributed by atoms with Crippen molar-refractivity contribution in [3.8, 4) is 0 Å². The van der Waals surface area contributed by atoms with Crippen LogP contribution in [-0.2, 0) is 7.05 Å². The summed E-state index contributed by atoms with van der Waals surface area (Å²) in [5, 5.41) is 7.55. The van der Waals surface area contributed by atoms with Gasteiger partial charge in [0, 0.05) is 18.1 Å². The minimum atomic E-state index is 0.193. The van der Waals surface area contributed by atoms with E-state index >= 15 is 0 Å². The lowest BCUT2D eigenvalue weighted by atomic mass is 10.0. The molecule has 1 atom stereocenters. The number of hydrogen-bond acceptors (Lipinski definition) is 3. The van der Waals surface area contributed by atoms with Crippen molar-refractivity contribution in [3.63, 3.8) is 0 Å². The molecule has 0 amide bonds. The van der Waals surface area contributed by atoms with Gasteiger partial charge in [0.05, 0.1) is 11.7 Å². The molecule has 0 saturated carbocycles. The summed E-state index contributed by atoms with van der Waals surface area (Å²) in [6.07, 6.45) is 3.92. The lowest BCUT2D eigenvalue weighted by Gasteiger charge is -2.17. The zero-order chi connectivity index (χ0) is 12.3. The Hall–Kier alpha value is -1.26. The highest BCUT2D eigenvalue weighted by molar-refractivity contribution is 7.98. The first-order chi connectivity index (χ1) is 8.26. The summed E-state index contributed by atoms with van der Waals surface area (Å²) < 4.78 is 1.91. The van der Waals surface area contributed by atoms with E-state index in [4.69, 9.17) is 0 Å². The molecule has 0 radical (unpaired) electrons. The lowest BCUT2D eigenvalue weighted by Crippen LogP contribution is -2.20. The van der Waals surface area contributed by atoms with Gasteiger partial charge >= 0.3 is 0 Å². The second-order valence-electron chi connectivity index (χ2n) is 3.87.